The summed E-state index contributed by atoms with van der Waals surface area (Å²) in [4.78, 5) is 20.8. The van der Waals surface area contributed by atoms with Crippen LogP contribution >= 0.6 is 22.6 Å². The molecule has 0 fully saturated rings. The number of ether oxygens (including phenoxy) is 2. The van der Waals surface area contributed by atoms with Crippen molar-refractivity contribution in [1.29, 1.82) is 0 Å². The van der Waals surface area contributed by atoms with Crippen LogP contribution in [0.1, 0.15) is 13.8 Å². The van der Waals surface area contributed by atoms with E-state index in [9.17, 15) is 9.59 Å². The fourth-order valence-electron chi connectivity index (χ4n) is 0.385. The first-order chi connectivity index (χ1) is 5.56. The minimum Gasteiger partial charge on any atom is -0.386 e. The van der Waals surface area contributed by atoms with Gasteiger partial charge in [-0.1, -0.05) is 0 Å². The summed E-state index contributed by atoms with van der Waals surface area (Å²) in [6, 6.07) is 0. The van der Waals surface area contributed by atoms with Crippen LogP contribution in [-0.2, 0) is 19.1 Å². The van der Waals surface area contributed by atoms with E-state index in [-0.39, 0.29) is 5.95 Å². The van der Waals surface area contributed by atoms with Crippen LogP contribution in [0.5, 0.6) is 0 Å². The lowest BCUT2D eigenvalue weighted by Crippen LogP contribution is -2.05. The van der Waals surface area contributed by atoms with Gasteiger partial charge in [-0.05, 0) is 28.3 Å². The fraction of sp³-hybridized carbons (Fsp3) is 0.286. The maximum absolute atomic E-state index is 10.4. The number of hydrogen-bond donors (Lipinski definition) is 0. The predicted octanol–water partition coefficient (Wildman–Crippen LogP) is 1.50. The van der Waals surface area contributed by atoms with Crippen molar-refractivity contribution in [2.24, 2.45) is 0 Å². The van der Waals surface area contributed by atoms with Gasteiger partial charge in [0.2, 0.25) is 0 Å². The molecule has 0 rings (SSSR count). The molecule has 0 atom stereocenters. The van der Waals surface area contributed by atoms with Crippen LogP contribution in [0.2, 0.25) is 0 Å². The third-order valence-corrected chi connectivity index (χ3v) is 0.957. The molecule has 0 saturated carbocycles. The zero-order chi connectivity index (χ0) is 9.56. The molecule has 0 amide bonds. The zero-order valence-electron chi connectivity index (χ0n) is 6.59. The van der Waals surface area contributed by atoms with Crippen molar-refractivity contribution in [3.05, 3.63) is 15.8 Å². The lowest BCUT2D eigenvalue weighted by molar-refractivity contribution is -0.150. The molecule has 0 aromatic rings. The van der Waals surface area contributed by atoms with E-state index in [2.05, 4.69) is 15.2 Å². The molecule has 0 bridgehead atoms. The molecular weight excluding hydrogens is 275 g/mol. The smallest absolute Gasteiger partial charge is 0.343 e. The van der Waals surface area contributed by atoms with Crippen molar-refractivity contribution in [3.63, 3.8) is 0 Å². The monoisotopic (exact) mass is 282 g/mol. The standard InChI is InChI=1S/C7H7IO4/c1-5(9)11-7(3-4-8)12-6(2)10/h4H,1-2H3. The Kier molecular flexibility index (Phi) is 5.40. The lowest BCUT2D eigenvalue weighted by Gasteiger charge is -2.01. The van der Waals surface area contributed by atoms with E-state index in [0.717, 1.165) is 0 Å². The molecule has 0 heterocycles. The first kappa shape index (κ1) is 11.2. The molecule has 0 radical (unpaired) electrons. The summed E-state index contributed by atoms with van der Waals surface area (Å²) in [6.07, 6.45) is 0. The summed E-state index contributed by atoms with van der Waals surface area (Å²) in [7, 11) is 0. The van der Waals surface area contributed by atoms with Gasteiger partial charge in [0, 0.05) is 17.9 Å². The van der Waals surface area contributed by atoms with Gasteiger partial charge in [0.1, 0.15) is 0 Å². The molecule has 0 spiro atoms. The van der Waals surface area contributed by atoms with Crippen molar-refractivity contribution in [2.75, 3.05) is 0 Å². The quantitative estimate of drug-likeness (QED) is 0.333. The van der Waals surface area contributed by atoms with Gasteiger partial charge in [-0.3, -0.25) is 9.59 Å². The van der Waals surface area contributed by atoms with Crippen molar-refractivity contribution >= 4 is 34.5 Å². The number of hydrogen-bond acceptors (Lipinski definition) is 4. The third kappa shape index (κ3) is 5.94. The number of carbonyl (C=O) groups is 2. The van der Waals surface area contributed by atoms with Crippen LogP contribution in [-0.4, -0.2) is 11.9 Å². The lowest BCUT2D eigenvalue weighted by atomic mass is 10.7. The summed E-state index contributed by atoms with van der Waals surface area (Å²) in [5, 5.41) is 0. The molecule has 0 saturated heterocycles. The van der Waals surface area contributed by atoms with Crippen molar-refractivity contribution in [3.8, 4) is 0 Å². The highest BCUT2D eigenvalue weighted by Gasteiger charge is 2.04. The summed E-state index contributed by atoms with van der Waals surface area (Å²) >= 11 is 1.86. The topological polar surface area (TPSA) is 52.6 Å². The second-order valence-electron chi connectivity index (χ2n) is 1.73. The van der Waals surface area contributed by atoms with Crippen LogP contribution in [0, 0.1) is 0 Å². The Bertz CT molecular complexity index is 232. The Hall–Kier alpha value is -0.810. The van der Waals surface area contributed by atoms with E-state index in [1.54, 1.807) is 0 Å². The number of halogens is 1. The van der Waals surface area contributed by atoms with Gasteiger partial charge in [0.15, 0.2) is 0 Å². The average Bonchev–Trinajstić information content (AvgIpc) is 1.84. The Morgan fingerprint density at radius 1 is 1.25 bits per heavy atom. The molecule has 66 valence electrons. The van der Waals surface area contributed by atoms with Crippen LogP contribution in [0.15, 0.2) is 15.8 Å². The maximum Gasteiger partial charge on any atom is 0.343 e. The molecule has 12 heavy (non-hydrogen) atoms. The Morgan fingerprint density at radius 3 is 1.92 bits per heavy atom. The number of carbonyl (C=O) groups excluding carboxylic acids is 2. The van der Waals surface area contributed by atoms with Crippen LogP contribution in [0.3, 0.4) is 0 Å². The molecule has 0 aromatic heterocycles. The Balaban J connectivity index is 4.36. The molecule has 0 aliphatic rings. The Labute approximate surface area is 83.4 Å². The van der Waals surface area contributed by atoms with Crippen molar-refractivity contribution in [2.45, 2.75) is 13.8 Å². The molecule has 0 aliphatic heterocycles. The third-order valence-electron chi connectivity index (χ3n) is 0.645. The van der Waals surface area contributed by atoms with E-state index < -0.39 is 11.9 Å². The van der Waals surface area contributed by atoms with Crippen LogP contribution < -0.4 is 0 Å². The molecule has 0 aliphatic carbocycles. The molecule has 5 heteroatoms. The zero-order valence-corrected chi connectivity index (χ0v) is 8.75. The summed E-state index contributed by atoms with van der Waals surface area (Å²) < 4.78 is 10.4. The van der Waals surface area contributed by atoms with Gasteiger partial charge in [0.05, 0.1) is 0 Å². The average molecular weight is 282 g/mol. The van der Waals surface area contributed by atoms with Crippen molar-refractivity contribution in [1.82, 2.24) is 0 Å². The van der Waals surface area contributed by atoms with E-state index in [4.69, 9.17) is 0 Å². The summed E-state index contributed by atoms with van der Waals surface area (Å²) in [6.45, 7) is 2.41. The van der Waals surface area contributed by atoms with E-state index in [1.165, 1.54) is 17.9 Å². The fourth-order valence-corrected chi connectivity index (χ4v) is 0.640. The maximum atomic E-state index is 10.4. The first-order valence-electron chi connectivity index (χ1n) is 2.98. The highest BCUT2D eigenvalue weighted by atomic mass is 127. The highest BCUT2D eigenvalue weighted by Crippen LogP contribution is 1.99. The van der Waals surface area contributed by atoms with Gasteiger partial charge >= 0.3 is 17.9 Å². The number of esters is 2. The van der Waals surface area contributed by atoms with E-state index in [0.29, 0.717) is 0 Å². The van der Waals surface area contributed by atoms with Crippen molar-refractivity contribution < 1.29 is 19.1 Å². The minimum absolute atomic E-state index is 0.232. The molecular formula is C7H7IO4. The van der Waals surface area contributed by atoms with Crippen LogP contribution in [0.4, 0.5) is 0 Å². The second kappa shape index (κ2) is 5.79. The largest absolute Gasteiger partial charge is 0.386 e. The Morgan fingerprint density at radius 2 is 1.67 bits per heavy atom. The highest BCUT2D eigenvalue weighted by molar-refractivity contribution is 14.1. The van der Waals surface area contributed by atoms with Gasteiger partial charge in [0.25, 0.3) is 0 Å². The molecule has 4 nitrogen and oxygen atoms in total. The van der Waals surface area contributed by atoms with Gasteiger partial charge in [-0.25, -0.2) is 0 Å². The molecule has 0 unspecified atom stereocenters. The SMILES string of the molecule is CC(=O)OC(=C=CI)OC(C)=O. The predicted molar refractivity (Wildman–Crippen MR) is 49.1 cm³/mol. The van der Waals surface area contributed by atoms with Gasteiger partial charge in [-0.2, -0.15) is 0 Å². The van der Waals surface area contributed by atoms with Gasteiger partial charge < -0.3 is 9.47 Å². The summed E-state index contributed by atoms with van der Waals surface area (Å²) in [5.41, 5.74) is 2.44. The molecule has 0 aromatic carbocycles. The summed E-state index contributed by atoms with van der Waals surface area (Å²) in [5.74, 6) is -1.35. The number of rotatable bonds is 2. The first-order valence-corrected chi connectivity index (χ1v) is 4.23. The van der Waals surface area contributed by atoms with Crippen LogP contribution in [0.25, 0.3) is 0 Å². The molecule has 0 N–H and O–H groups in total. The second-order valence-corrected chi connectivity index (χ2v) is 2.35. The van der Waals surface area contributed by atoms with E-state index in [1.807, 2.05) is 22.6 Å². The van der Waals surface area contributed by atoms with Gasteiger partial charge in [-0.15, -0.1) is 0 Å². The van der Waals surface area contributed by atoms with E-state index >= 15 is 0 Å². The minimum atomic E-state index is -0.558. The normalized spacial score (nSPS) is 7.92.